The Morgan fingerprint density at radius 3 is 2.56 bits per heavy atom. The van der Waals surface area contributed by atoms with Gasteiger partial charge in [0.05, 0.1) is 6.04 Å². The minimum Gasteiger partial charge on any atom is -0.271 e. The first kappa shape index (κ1) is 12.6. The number of rotatable bonds is 4. The second-order valence-corrected chi connectivity index (χ2v) is 3.86. The van der Waals surface area contributed by atoms with Crippen LogP contribution in [0.1, 0.15) is 17.4 Å². The van der Waals surface area contributed by atoms with Crippen LogP contribution in [0.15, 0.2) is 24.5 Å². The number of halogens is 2. The van der Waals surface area contributed by atoms with Gasteiger partial charge in [-0.15, -0.1) is 0 Å². The highest BCUT2D eigenvalue weighted by Crippen LogP contribution is 2.22. The molecule has 0 saturated carbocycles. The number of benzene rings is 1. The molecule has 0 saturated heterocycles. The molecule has 18 heavy (non-hydrogen) atoms. The predicted molar refractivity (Wildman–Crippen MR) is 61.1 cm³/mol. The van der Waals surface area contributed by atoms with E-state index >= 15 is 0 Å². The lowest BCUT2D eigenvalue weighted by Crippen LogP contribution is -2.31. The number of hydrazine groups is 1. The minimum atomic E-state index is -0.700. The van der Waals surface area contributed by atoms with Crippen LogP contribution in [-0.2, 0) is 13.5 Å². The Balaban J connectivity index is 2.32. The van der Waals surface area contributed by atoms with Crippen molar-refractivity contribution in [3.05, 3.63) is 47.5 Å². The average Bonchev–Trinajstić information content (AvgIpc) is 2.73. The first-order valence-electron chi connectivity index (χ1n) is 5.36. The molecule has 1 unspecified atom stereocenters. The van der Waals surface area contributed by atoms with Gasteiger partial charge in [-0.05, 0) is 12.1 Å². The summed E-state index contributed by atoms with van der Waals surface area (Å²) >= 11 is 0. The van der Waals surface area contributed by atoms with Crippen molar-refractivity contribution in [1.82, 2.24) is 20.2 Å². The van der Waals surface area contributed by atoms with Gasteiger partial charge < -0.3 is 0 Å². The molecule has 2 aromatic rings. The van der Waals surface area contributed by atoms with Gasteiger partial charge in [-0.25, -0.2) is 13.8 Å². The Bertz CT molecular complexity index is 520. The third-order valence-corrected chi connectivity index (χ3v) is 2.74. The smallest absolute Gasteiger partial charge is 0.138 e. The lowest BCUT2D eigenvalue weighted by molar-refractivity contribution is 0.461. The first-order chi connectivity index (χ1) is 8.63. The van der Waals surface area contributed by atoms with Crippen LogP contribution in [0.4, 0.5) is 8.78 Å². The molecule has 2 rings (SSSR count). The zero-order valence-corrected chi connectivity index (χ0v) is 9.77. The number of nitrogens with one attached hydrogen (secondary N) is 1. The summed E-state index contributed by atoms with van der Waals surface area (Å²) in [6.07, 6.45) is 1.62. The molecule has 0 radical (unpaired) electrons. The topological polar surface area (TPSA) is 68.8 Å². The Hall–Kier alpha value is -1.86. The molecule has 0 aliphatic rings. The standard InChI is InChI=1S/C11H13F2N5/c1-18-10(15-6-16-18)5-9(17-14)11-7(12)3-2-4-8(11)13/h2-4,6,9,17H,5,14H2,1H3. The summed E-state index contributed by atoms with van der Waals surface area (Å²) in [6, 6.07) is 3.00. The Morgan fingerprint density at radius 2 is 2.06 bits per heavy atom. The van der Waals surface area contributed by atoms with Crippen molar-refractivity contribution in [2.24, 2.45) is 12.9 Å². The predicted octanol–water partition coefficient (Wildman–Crippen LogP) is 0.840. The van der Waals surface area contributed by atoms with Gasteiger partial charge in [-0.2, -0.15) is 5.10 Å². The second-order valence-electron chi connectivity index (χ2n) is 3.86. The molecule has 0 spiro atoms. The van der Waals surface area contributed by atoms with Gasteiger partial charge in [-0.3, -0.25) is 16.0 Å². The van der Waals surface area contributed by atoms with Crippen LogP contribution in [0.3, 0.4) is 0 Å². The first-order valence-corrected chi connectivity index (χ1v) is 5.36. The molecule has 0 aliphatic carbocycles. The van der Waals surface area contributed by atoms with Gasteiger partial charge >= 0.3 is 0 Å². The third kappa shape index (κ3) is 2.36. The number of hydrogen-bond acceptors (Lipinski definition) is 4. The zero-order chi connectivity index (χ0) is 13.1. The molecular formula is C11H13F2N5. The Morgan fingerprint density at radius 1 is 1.39 bits per heavy atom. The normalized spacial score (nSPS) is 12.7. The maximum Gasteiger partial charge on any atom is 0.138 e. The molecule has 3 N–H and O–H groups in total. The maximum atomic E-state index is 13.6. The molecular weight excluding hydrogens is 240 g/mol. The number of aryl methyl sites for hydroxylation is 1. The van der Waals surface area contributed by atoms with Crippen molar-refractivity contribution in [2.45, 2.75) is 12.5 Å². The van der Waals surface area contributed by atoms with E-state index in [4.69, 9.17) is 5.84 Å². The molecule has 0 bridgehead atoms. The van der Waals surface area contributed by atoms with Gasteiger partial charge in [0.1, 0.15) is 23.8 Å². The van der Waals surface area contributed by atoms with E-state index in [0.29, 0.717) is 5.82 Å². The number of hydrogen-bond donors (Lipinski definition) is 2. The number of nitrogens with two attached hydrogens (primary N) is 1. The van der Waals surface area contributed by atoms with E-state index in [-0.39, 0.29) is 12.0 Å². The summed E-state index contributed by atoms with van der Waals surface area (Å²) in [4.78, 5) is 4.00. The highest BCUT2D eigenvalue weighted by molar-refractivity contribution is 5.24. The maximum absolute atomic E-state index is 13.6. The van der Waals surface area contributed by atoms with E-state index in [1.165, 1.54) is 29.2 Å². The minimum absolute atomic E-state index is 0.0944. The highest BCUT2D eigenvalue weighted by Gasteiger charge is 2.21. The van der Waals surface area contributed by atoms with Gasteiger partial charge in [0.25, 0.3) is 0 Å². The Kier molecular flexibility index (Phi) is 3.63. The summed E-state index contributed by atoms with van der Waals surface area (Å²) in [5.41, 5.74) is 2.31. The molecule has 7 heteroatoms. The fourth-order valence-corrected chi connectivity index (χ4v) is 1.78. The number of aromatic nitrogens is 3. The van der Waals surface area contributed by atoms with Crippen LogP contribution in [-0.4, -0.2) is 14.8 Å². The van der Waals surface area contributed by atoms with E-state index in [9.17, 15) is 8.78 Å². The van der Waals surface area contributed by atoms with Gasteiger partial charge in [0.15, 0.2) is 0 Å². The van der Waals surface area contributed by atoms with Crippen molar-refractivity contribution >= 4 is 0 Å². The van der Waals surface area contributed by atoms with E-state index in [1.807, 2.05) is 0 Å². The van der Waals surface area contributed by atoms with Crippen molar-refractivity contribution in [2.75, 3.05) is 0 Å². The third-order valence-electron chi connectivity index (χ3n) is 2.74. The summed E-state index contributed by atoms with van der Waals surface area (Å²) in [5, 5.41) is 3.89. The summed E-state index contributed by atoms with van der Waals surface area (Å²) in [6.45, 7) is 0. The summed E-state index contributed by atoms with van der Waals surface area (Å²) in [7, 11) is 1.70. The van der Waals surface area contributed by atoms with Crippen molar-refractivity contribution in [3.63, 3.8) is 0 Å². The van der Waals surface area contributed by atoms with E-state index in [1.54, 1.807) is 7.05 Å². The highest BCUT2D eigenvalue weighted by atomic mass is 19.1. The lowest BCUT2D eigenvalue weighted by Gasteiger charge is -2.17. The van der Waals surface area contributed by atoms with Crippen LogP contribution < -0.4 is 11.3 Å². The van der Waals surface area contributed by atoms with Crippen molar-refractivity contribution < 1.29 is 8.78 Å². The summed E-state index contributed by atoms with van der Waals surface area (Å²) in [5.74, 6) is 4.67. The van der Waals surface area contributed by atoms with Crippen LogP contribution >= 0.6 is 0 Å². The van der Waals surface area contributed by atoms with Gasteiger partial charge in [-0.1, -0.05) is 6.07 Å². The molecule has 0 aliphatic heterocycles. The quantitative estimate of drug-likeness (QED) is 0.626. The molecule has 1 aromatic heterocycles. The van der Waals surface area contributed by atoms with E-state index in [2.05, 4.69) is 15.5 Å². The molecule has 5 nitrogen and oxygen atoms in total. The monoisotopic (exact) mass is 253 g/mol. The lowest BCUT2D eigenvalue weighted by atomic mass is 10.0. The zero-order valence-electron chi connectivity index (χ0n) is 9.77. The SMILES string of the molecule is Cn1ncnc1CC(NN)c1c(F)cccc1F. The van der Waals surface area contributed by atoms with Crippen LogP contribution in [0.5, 0.6) is 0 Å². The van der Waals surface area contributed by atoms with E-state index in [0.717, 1.165) is 0 Å². The number of nitrogens with zero attached hydrogens (tertiary/aromatic N) is 3. The van der Waals surface area contributed by atoms with Crippen LogP contribution in [0, 0.1) is 11.6 Å². The largest absolute Gasteiger partial charge is 0.271 e. The van der Waals surface area contributed by atoms with Crippen LogP contribution in [0.25, 0.3) is 0 Å². The molecule has 1 aromatic carbocycles. The van der Waals surface area contributed by atoms with E-state index < -0.39 is 17.7 Å². The summed E-state index contributed by atoms with van der Waals surface area (Å²) < 4.78 is 28.8. The molecule has 1 atom stereocenters. The van der Waals surface area contributed by atoms with Crippen LogP contribution in [0.2, 0.25) is 0 Å². The van der Waals surface area contributed by atoms with Gasteiger partial charge in [0.2, 0.25) is 0 Å². The van der Waals surface area contributed by atoms with Crippen molar-refractivity contribution in [1.29, 1.82) is 0 Å². The van der Waals surface area contributed by atoms with Gasteiger partial charge in [0, 0.05) is 19.0 Å². The fraction of sp³-hybridized carbons (Fsp3) is 0.273. The molecule has 0 fully saturated rings. The second kappa shape index (κ2) is 5.19. The van der Waals surface area contributed by atoms with Crippen molar-refractivity contribution in [3.8, 4) is 0 Å². The molecule has 96 valence electrons. The molecule has 1 heterocycles. The fourth-order valence-electron chi connectivity index (χ4n) is 1.78. The average molecular weight is 253 g/mol. The molecule has 0 amide bonds. The Labute approximate surface area is 103 Å².